The first-order valence-corrected chi connectivity index (χ1v) is 7.83. The molecule has 2 aromatic rings. The lowest BCUT2D eigenvalue weighted by molar-refractivity contribution is -0.137. The van der Waals surface area contributed by atoms with Crippen molar-refractivity contribution in [1.29, 1.82) is 0 Å². The molecule has 0 fully saturated rings. The lowest BCUT2D eigenvalue weighted by atomic mass is 10.0. The van der Waals surface area contributed by atoms with Crippen LogP contribution in [0.15, 0.2) is 60.3 Å². The summed E-state index contributed by atoms with van der Waals surface area (Å²) in [6.45, 7) is -0.266. The largest absolute Gasteiger partial charge is 0.496 e. The van der Waals surface area contributed by atoms with Gasteiger partial charge in [-0.2, -0.15) is 0 Å². The van der Waals surface area contributed by atoms with E-state index >= 15 is 0 Å². The molecule has 0 bridgehead atoms. The molecule has 6 heteroatoms. The Morgan fingerprint density at radius 3 is 2.48 bits per heavy atom. The molecule has 0 saturated carbocycles. The molecule has 128 valence electrons. The molecule has 0 radical (unpaired) electrons. The summed E-state index contributed by atoms with van der Waals surface area (Å²) in [6.07, 6.45) is 1.24. The molecule has 0 atom stereocenters. The van der Waals surface area contributed by atoms with E-state index in [4.69, 9.17) is 9.84 Å². The number of methoxy groups -OCH3 is 1. The van der Waals surface area contributed by atoms with Gasteiger partial charge in [0.15, 0.2) is 0 Å². The van der Waals surface area contributed by atoms with Crippen LogP contribution >= 0.6 is 0 Å². The molecular weight excluding hydrogens is 320 g/mol. The fourth-order valence-corrected chi connectivity index (χ4v) is 2.68. The maximum Gasteiger partial charge on any atom is 0.277 e. The Balaban J connectivity index is 1.77. The minimum Gasteiger partial charge on any atom is -0.496 e. The van der Waals surface area contributed by atoms with Crippen LogP contribution in [0.3, 0.4) is 0 Å². The van der Waals surface area contributed by atoms with E-state index < -0.39 is 11.8 Å². The Morgan fingerprint density at radius 1 is 1.08 bits per heavy atom. The van der Waals surface area contributed by atoms with Gasteiger partial charge >= 0.3 is 0 Å². The summed E-state index contributed by atoms with van der Waals surface area (Å²) >= 11 is 0. The zero-order valence-corrected chi connectivity index (χ0v) is 13.7. The Morgan fingerprint density at radius 2 is 1.80 bits per heavy atom. The first kappa shape index (κ1) is 16.7. The molecule has 1 aliphatic heterocycles. The summed E-state index contributed by atoms with van der Waals surface area (Å²) in [5.74, 6) is -0.0813. The van der Waals surface area contributed by atoms with Crippen LogP contribution in [-0.2, 0) is 9.59 Å². The quantitative estimate of drug-likeness (QED) is 0.788. The lowest BCUT2D eigenvalue weighted by Gasteiger charge is -2.13. The van der Waals surface area contributed by atoms with Crippen LogP contribution in [-0.4, -0.2) is 42.1 Å². The molecule has 2 amide bonds. The Labute approximate surface area is 145 Å². The van der Waals surface area contributed by atoms with Gasteiger partial charge in [0, 0.05) is 17.3 Å². The fourth-order valence-electron chi connectivity index (χ4n) is 2.68. The molecule has 25 heavy (non-hydrogen) atoms. The van der Waals surface area contributed by atoms with E-state index in [2.05, 4.69) is 5.32 Å². The van der Waals surface area contributed by atoms with Gasteiger partial charge in [-0.05, 0) is 23.8 Å². The number of imide groups is 1. The number of carbonyl (C=O) groups is 2. The van der Waals surface area contributed by atoms with Crippen molar-refractivity contribution in [3.8, 4) is 16.9 Å². The number of aliphatic hydroxyl groups excluding tert-OH is 1. The smallest absolute Gasteiger partial charge is 0.277 e. The molecular formula is C19H18N2O4. The van der Waals surface area contributed by atoms with E-state index in [1.807, 2.05) is 48.5 Å². The van der Waals surface area contributed by atoms with Crippen LogP contribution in [0, 0.1) is 0 Å². The monoisotopic (exact) mass is 338 g/mol. The summed E-state index contributed by atoms with van der Waals surface area (Å²) in [4.78, 5) is 24.9. The van der Waals surface area contributed by atoms with E-state index in [9.17, 15) is 9.59 Å². The van der Waals surface area contributed by atoms with Crippen LogP contribution in [0.4, 0.5) is 5.69 Å². The molecule has 0 aliphatic carbocycles. The van der Waals surface area contributed by atoms with Crippen molar-refractivity contribution >= 4 is 17.5 Å². The Hall–Kier alpha value is -3.12. The number of nitrogens with one attached hydrogen (secondary N) is 1. The second-order valence-electron chi connectivity index (χ2n) is 5.48. The van der Waals surface area contributed by atoms with Gasteiger partial charge in [-0.25, -0.2) is 0 Å². The Bertz CT molecular complexity index is 828. The molecule has 1 aliphatic rings. The maximum atomic E-state index is 12.1. The summed E-state index contributed by atoms with van der Waals surface area (Å²) in [6, 6.07) is 15.2. The van der Waals surface area contributed by atoms with Crippen molar-refractivity contribution in [3.63, 3.8) is 0 Å². The summed E-state index contributed by atoms with van der Waals surface area (Å²) in [5, 5.41) is 11.9. The van der Waals surface area contributed by atoms with Gasteiger partial charge in [0.05, 0.1) is 20.3 Å². The molecule has 6 nitrogen and oxygen atoms in total. The molecule has 0 unspecified atom stereocenters. The number of benzene rings is 2. The zero-order valence-electron chi connectivity index (χ0n) is 13.7. The average molecular weight is 338 g/mol. The summed E-state index contributed by atoms with van der Waals surface area (Å²) < 4.78 is 5.37. The number of amides is 2. The van der Waals surface area contributed by atoms with Gasteiger partial charge in [-0.1, -0.05) is 30.3 Å². The number of aliphatic hydroxyl groups is 1. The number of ether oxygens (including phenoxy) is 1. The maximum absolute atomic E-state index is 12.1. The first-order valence-electron chi connectivity index (χ1n) is 7.83. The minimum absolute atomic E-state index is 0.00785. The van der Waals surface area contributed by atoms with Gasteiger partial charge < -0.3 is 15.2 Å². The van der Waals surface area contributed by atoms with Crippen molar-refractivity contribution in [1.82, 2.24) is 4.90 Å². The third-order valence-corrected chi connectivity index (χ3v) is 3.91. The highest BCUT2D eigenvalue weighted by Crippen LogP contribution is 2.30. The predicted octanol–water partition coefficient (Wildman–Crippen LogP) is 2.02. The summed E-state index contributed by atoms with van der Waals surface area (Å²) in [5.41, 5.74) is 2.84. The molecule has 0 saturated heterocycles. The topological polar surface area (TPSA) is 78.9 Å². The zero-order chi connectivity index (χ0) is 17.8. The van der Waals surface area contributed by atoms with Crippen molar-refractivity contribution in [2.24, 2.45) is 0 Å². The number of rotatable bonds is 6. The molecule has 2 N–H and O–H groups in total. The normalized spacial score (nSPS) is 13.8. The summed E-state index contributed by atoms with van der Waals surface area (Å²) in [7, 11) is 1.63. The van der Waals surface area contributed by atoms with Gasteiger partial charge in [-0.15, -0.1) is 0 Å². The van der Waals surface area contributed by atoms with Crippen LogP contribution in [0.2, 0.25) is 0 Å². The van der Waals surface area contributed by atoms with E-state index in [0.29, 0.717) is 5.69 Å². The van der Waals surface area contributed by atoms with Gasteiger partial charge in [-0.3, -0.25) is 14.5 Å². The number of hydrogen-bond donors (Lipinski definition) is 2. The molecule has 0 spiro atoms. The van der Waals surface area contributed by atoms with Crippen molar-refractivity contribution in [2.45, 2.75) is 0 Å². The number of β-amino-alcohol motifs (C(OH)–C–C–N with tert-alkyl or cyclic N) is 1. The predicted molar refractivity (Wildman–Crippen MR) is 93.9 cm³/mol. The second-order valence-corrected chi connectivity index (χ2v) is 5.48. The average Bonchev–Trinajstić information content (AvgIpc) is 2.90. The SMILES string of the molecule is COc1ccccc1-c1ccc(NC2=CC(=O)N(CCO)C2=O)cc1. The standard InChI is InChI=1S/C19H18N2O4/c1-25-17-5-3-2-4-15(17)13-6-8-14(9-7-13)20-16-12-18(23)21(10-11-22)19(16)24/h2-9,12,20,22H,10-11H2,1H3. The molecule has 0 aromatic heterocycles. The fraction of sp³-hybridized carbons (Fsp3) is 0.158. The van der Waals surface area contributed by atoms with Crippen LogP contribution in [0.1, 0.15) is 0 Å². The van der Waals surface area contributed by atoms with E-state index in [0.717, 1.165) is 21.8 Å². The Kier molecular flexibility index (Phi) is 4.81. The van der Waals surface area contributed by atoms with Crippen molar-refractivity contribution in [3.05, 3.63) is 60.3 Å². The van der Waals surface area contributed by atoms with Crippen molar-refractivity contribution < 1.29 is 19.4 Å². The highest BCUT2D eigenvalue weighted by Gasteiger charge is 2.30. The first-order chi connectivity index (χ1) is 12.1. The van der Waals surface area contributed by atoms with Crippen LogP contribution in [0.5, 0.6) is 5.75 Å². The second kappa shape index (κ2) is 7.19. The van der Waals surface area contributed by atoms with E-state index in [1.165, 1.54) is 6.08 Å². The van der Waals surface area contributed by atoms with Gasteiger partial charge in [0.2, 0.25) is 0 Å². The van der Waals surface area contributed by atoms with Crippen molar-refractivity contribution in [2.75, 3.05) is 25.6 Å². The van der Waals surface area contributed by atoms with Gasteiger partial charge in [0.1, 0.15) is 11.4 Å². The highest BCUT2D eigenvalue weighted by molar-refractivity contribution is 6.17. The highest BCUT2D eigenvalue weighted by atomic mass is 16.5. The van der Waals surface area contributed by atoms with Gasteiger partial charge in [0.25, 0.3) is 11.8 Å². The van der Waals surface area contributed by atoms with E-state index in [1.54, 1.807) is 7.11 Å². The lowest BCUT2D eigenvalue weighted by Crippen LogP contribution is -2.34. The molecule has 3 rings (SSSR count). The number of para-hydroxylation sites is 1. The number of anilines is 1. The third kappa shape index (κ3) is 3.39. The number of hydrogen-bond acceptors (Lipinski definition) is 5. The molecule has 1 heterocycles. The van der Waals surface area contributed by atoms with E-state index in [-0.39, 0.29) is 18.8 Å². The van der Waals surface area contributed by atoms with Crippen LogP contribution in [0.25, 0.3) is 11.1 Å². The minimum atomic E-state index is -0.437. The molecule has 2 aromatic carbocycles. The number of carbonyl (C=O) groups excluding carboxylic acids is 2. The third-order valence-electron chi connectivity index (χ3n) is 3.91. The van der Waals surface area contributed by atoms with Crippen LogP contribution < -0.4 is 10.1 Å². The number of nitrogens with zero attached hydrogens (tertiary/aromatic N) is 1.